The molecule has 5 nitrogen and oxygen atoms in total. The van der Waals surface area contributed by atoms with E-state index in [1.807, 2.05) is 13.8 Å². The number of halogens is 2. The van der Waals surface area contributed by atoms with Crippen molar-refractivity contribution in [2.24, 2.45) is 5.92 Å². The van der Waals surface area contributed by atoms with Crippen LogP contribution in [0, 0.1) is 17.6 Å². The van der Waals surface area contributed by atoms with Crippen LogP contribution in [-0.2, 0) is 4.79 Å². The molecule has 0 bridgehead atoms. The molecule has 0 aliphatic heterocycles. The topological polar surface area (TPSA) is 74.8 Å². The van der Waals surface area contributed by atoms with Gasteiger partial charge in [-0.2, -0.15) is 0 Å². The van der Waals surface area contributed by atoms with Crippen LogP contribution in [0.15, 0.2) is 18.2 Å². The lowest BCUT2D eigenvalue weighted by atomic mass is 10.1. The molecule has 4 N–H and O–H groups in total. The summed E-state index contributed by atoms with van der Waals surface area (Å²) in [6.07, 6.45) is 0. The number of rotatable bonds is 6. The highest BCUT2D eigenvalue weighted by atomic mass is 19.1. The summed E-state index contributed by atoms with van der Waals surface area (Å²) in [5.41, 5.74) is 0.304. The first-order valence-corrected chi connectivity index (χ1v) is 7.15. The predicted octanol–water partition coefficient (Wildman–Crippen LogP) is 1.07. The van der Waals surface area contributed by atoms with E-state index < -0.39 is 23.6 Å². The Kier molecular flexibility index (Phi) is 6.91. The number of hydrogen-bond donors (Lipinski definition) is 3. The molecule has 0 aliphatic rings. The van der Waals surface area contributed by atoms with Crippen LogP contribution in [0.4, 0.5) is 13.6 Å². The lowest BCUT2D eigenvalue weighted by Crippen LogP contribution is -2.87. The Labute approximate surface area is 128 Å². The van der Waals surface area contributed by atoms with Crippen molar-refractivity contribution in [3.63, 3.8) is 0 Å². The summed E-state index contributed by atoms with van der Waals surface area (Å²) in [4.78, 5) is 23.0. The molecular weight excluding hydrogens is 292 g/mol. The Bertz CT molecular complexity index is 536. The van der Waals surface area contributed by atoms with Crippen molar-refractivity contribution in [2.45, 2.75) is 26.8 Å². The van der Waals surface area contributed by atoms with Crippen LogP contribution >= 0.6 is 0 Å². The zero-order chi connectivity index (χ0) is 16.7. The quantitative estimate of drug-likeness (QED) is 0.735. The third kappa shape index (κ3) is 6.17. The van der Waals surface area contributed by atoms with E-state index in [2.05, 4.69) is 10.6 Å². The van der Waals surface area contributed by atoms with Gasteiger partial charge in [0.1, 0.15) is 17.7 Å². The molecule has 3 amide bonds. The van der Waals surface area contributed by atoms with E-state index in [4.69, 9.17) is 0 Å². The second kappa shape index (κ2) is 8.43. The minimum absolute atomic E-state index is 0.0346. The standard InChI is InChI=1S/C15H21F2N3O2/c1-9(2)7-19-15(22)20-14(21)8-18-10(3)12-5-4-11(16)6-13(12)17/h4-6,9-10,18H,7-8H2,1-3H3,(H2,19,20,21,22)/p+1/t10-/m1/s1. The Morgan fingerprint density at radius 3 is 2.50 bits per heavy atom. The first kappa shape index (κ1) is 18.0. The summed E-state index contributed by atoms with van der Waals surface area (Å²) in [7, 11) is 0. The Morgan fingerprint density at radius 2 is 1.91 bits per heavy atom. The number of imide groups is 1. The van der Waals surface area contributed by atoms with Gasteiger partial charge in [0, 0.05) is 18.2 Å². The largest absolute Gasteiger partial charge is 0.338 e. The summed E-state index contributed by atoms with van der Waals surface area (Å²) in [5.74, 6) is -1.49. The smallest absolute Gasteiger partial charge is 0.321 e. The number of quaternary nitrogens is 1. The van der Waals surface area contributed by atoms with Gasteiger partial charge in [0.25, 0.3) is 5.91 Å². The fourth-order valence-electron chi connectivity index (χ4n) is 1.80. The fourth-order valence-corrected chi connectivity index (χ4v) is 1.80. The summed E-state index contributed by atoms with van der Waals surface area (Å²) >= 11 is 0. The van der Waals surface area contributed by atoms with Crippen LogP contribution in [0.5, 0.6) is 0 Å². The second-order valence-corrected chi connectivity index (χ2v) is 5.55. The zero-order valence-corrected chi connectivity index (χ0v) is 13.0. The highest BCUT2D eigenvalue weighted by Crippen LogP contribution is 2.14. The van der Waals surface area contributed by atoms with Gasteiger partial charge < -0.3 is 10.6 Å². The maximum Gasteiger partial charge on any atom is 0.321 e. The van der Waals surface area contributed by atoms with E-state index in [0.717, 1.165) is 6.07 Å². The maximum absolute atomic E-state index is 13.6. The van der Waals surface area contributed by atoms with Crippen molar-refractivity contribution in [3.05, 3.63) is 35.4 Å². The number of amides is 3. The summed E-state index contributed by atoms with van der Waals surface area (Å²) < 4.78 is 26.4. The van der Waals surface area contributed by atoms with Gasteiger partial charge in [0.05, 0.1) is 0 Å². The van der Waals surface area contributed by atoms with Crippen molar-refractivity contribution in [1.82, 2.24) is 10.6 Å². The minimum Gasteiger partial charge on any atom is -0.338 e. The maximum atomic E-state index is 13.6. The first-order valence-electron chi connectivity index (χ1n) is 7.15. The van der Waals surface area contributed by atoms with E-state index in [-0.39, 0.29) is 18.5 Å². The molecule has 1 aromatic carbocycles. The number of carbonyl (C=O) groups excluding carboxylic acids is 2. The monoisotopic (exact) mass is 314 g/mol. The zero-order valence-electron chi connectivity index (χ0n) is 13.0. The molecule has 1 rings (SSSR count). The lowest BCUT2D eigenvalue weighted by Gasteiger charge is -2.12. The molecule has 122 valence electrons. The number of nitrogens with one attached hydrogen (secondary N) is 2. The normalized spacial score (nSPS) is 12.1. The predicted molar refractivity (Wildman–Crippen MR) is 77.9 cm³/mol. The molecule has 0 radical (unpaired) electrons. The van der Waals surface area contributed by atoms with Crippen LogP contribution in [-0.4, -0.2) is 25.0 Å². The van der Waals surface area contributed by atoms with Crippen molar-refractivity contribution in [3.8, 4) is 0 Å². The van der Waals surface area contributed by atoms with Gasteiger partial charge in [-0.05, 0) is 25.0 Å². The van der Waals surface area contributed by atoms with Gasteiger partial charge in [0.2, 0.25) is 0 Å². The van der Waals surface area contributed by atoms with E-state index in [1.54, 1.807) is 12.2 Å². The molecular formula is C15H22F2N3O2+. The highest BCUT2D eigenvalue weighted by molar-refractivity contribution is 5.94. The Balaban J connectivity index is 2.41. The van der Waals surface area contributed by atoms with Gasteiger partial charge in [-0.3, -0.25) is 10.1 Å². The van der Waals surface area contributed by atoms with Crippen molar-refractivity contribution in [1.29, 1.82) is 0 Å². The Morgan fingerprint density at radius 1 is 1.23 bits per heavy atom. The summed E-state index contributed by atoms with van der Waals surface area (Å²) in [5, 5.41) is 6.32. The van der Waals surface area contributed by atoms with Crippen LogP contribution in [0.25, 0.3) is 0 Å². The summed E-state index contributed by atoms with van der Waals surface area (Å²) in [6, 6.07) is 2.40. The molecule has 0 spiro atoms. The van der Waals surface area contributed by atoms with Crippen LogP contribution in [0.1, 0.15) is 32.4 Å². The molecule has 0 heterocycles. The number of urea groups is 1. The van der Waals surface area contributed by atoms with E-state index in [1.165, 1.54) is 12.1 Å². The molecule has 0 aromatic heterocycles. The van der Waals surface area contributed by atoms with E-state index in [9.17, 15) is 18.4 Å². The van der Waals surface area contributed by atoms with Crippen LogP contribution < -0.4 is 16.0 Å². The fraction of sp³-hybridized carbons (Fsp3) is 0.467. The number of carbonyl (C=O) groups is 2. The average molecular weight is 314 g/mol. The lowest BCUT2D eigenvalue weighted by molar-refractivity contribution is -0.682. The van der Waals surface area contributed by atoms with E-state index >= 15 is 0 Å². The highest BCUT2D eigenvalue weighted by Gasteiger charge is 2.17. The molecule has 0 aliphatic carbocycles. The Hall–Kier alpha value is -2.02. The van der Waals surface area contributed by atoms with E-state index in [0.29, 0.717) is 12.1 Å². The molecule has 0 fully saturated rings. The number of nitrogens with two attached hydrogens (primary N) is 1. The van der Waals surface area contributed by atoms with Crippen LogP contribution in [0.2, 0.25) is 0 Å². The molecule has 0 saturated heterocycles. The number of benzene rings is 1. The van der Waals surface area contributed by atoms with Crippen LogP contribution in [0.3, 0.4) is 0 Å². The van der Waals surface area contributed by atoms with Crippen molar-refractivity contribution in [2.75, 3.05) is 13.1 Å². The third-order valence-corrected chi connectivity index (χ3v) is 3.03. The molecule has 22 heavy (non-hydrogen) atoms. The molecule has 1 aromatic rings. The van der Waals surface area contributed by atoms with Gasteiger partial charge in [-0.15, -0.1) is 0 Å². The SMILES string of the molecule is CC(C)CNC(=O)NC(=O)C[NH2+][C@H](C)c1ccc(F)cc1F. The second-order valence-electron chi connectivity index (χ2n) is 5.55. The average Bonchev–Trinajstić information content (AvgIpc) is 2.42. The minimum atomic E-state index is -0.654. The third-order valence-electron chi connectivity index (χ3n) is 3.03. The number of hydrogen-bond acceptors (Lipinski definition) is 2. The summed E-state index contributed by atoms with van der Waals surface area (Å²) in [6.45, 7) is 6.01. The van der Waals surface area contributed by atoms with Crippen molar-refractivity contribution < 1.29 is 23.7 Å². The first-order chi connectivity index (χ1) is 10.3. The molecule has 0 unspecified atom stereocenters. The van der Waals surface area contributed by atoms with Gasteiger partial charge in [0.15, 0.2) is 6.54 Å². The molecule has 7 heteroatoms. The molecule has 1 atom stereocenters. The van der Waals surface area contributed by atoms with Gasteiger partial charge in [-0.1, -0.05) is 13.8 Å². The van der Waals surface area contributed by atoms with Crippen molar-refractivity contribution >= 4 is 11.9 Å². The van der Waals surface area contributed by atoms with Gasteiger partial charge in [-0.25, -0.2) is 13.6 Å². The molecule has 0 saturated carbocycles. The van der Waals surface area contributed by atoms with Gasteiger partial charge >= 0.3 is 6.03 Å².